The van der Waals surface area contributed by atoms with Gasteiger partial charge in [-0.25, -0.2) is 0 Å². The Bertz CT molecular complexity index is 204. The Labute approximate surface area is 84.8 Å². The Kier molecular flexibility index (Phi) is 5.81. The number of likely N-dealkylation sites (N-methyl/N-ethyl adjacent to an activating group) is 1. The first-order valence-corrected chi connectivity index (χ1v) is 5.83. The number of nitrogens with two attached hydrogens (primary N) is 1. The number of nitrogens with zero attached hydrogens (tertiary/aromatic N) is 1. The fourth-order valence-corrected chi connectivity index (χ4v) is 1.34. The molecule has 0 aromatic rings. The molecule has 0 amide bonds. The van der Waals surface area contributed by atoms with Crippen LogP contribution in [0, 0.1) is 0 Å². The third-order valence-corrected chi connectivity index (χ3v) is 2.38. The molecule has 0 rings (SSSR count). The van der Waals surface area contributed by atoms with Crippen LogP contribution < -0.4 is 10.6 Å². The zero-order valence-electron chi connectivity index (χ0n) is 8.93. The van der Waals surface area contributed by atoms with E-state index in [4.69, 9.17) is 5.73 Å². The summed E-state index contributed by atoms with van der Waals surface area (Å²) in [5.74, 6) is 0. The Hall–Kier alpha value is 0.0300. The molecule has 86 valence electrons. The van der Waals surface area contributed by atoms with Gasteiger partial charge in [0.1, 0.15) is 13.2 Å². The van der Waals surface area contributed by atoms with Crippen LogP contribution in [0.3, 0.4) is 0 Å². The van der Waals surface area contributed by atoms with Crippen LogP contribution in [-0.4, -0.2) is 51.9 Å². The molecular formula is C7H19N2O4P. The van der Waals surface area contributed by atoms with Gasteiger partial charge in [-0.1, -0.05) is 0 Å². The molecule has 0 heterocycles. The lowest BCUT2D eigenvalue weighted by Crippen LogP contribution is -2.37. The average Bonchev–Trinajstić information content (AvgIpc) is 1.98. The quantitative estimate of drug-likeness (QED) is 0.451. The number of quaternary nitrogens is 1. The van der Waals surface area contributed by atoms with Crippen molar-refractivity contribution in [1.29, 1.82) is 0 Å². The predicted octanol–water partition coefficient (Wildman–Crippen LogP) is -0.847. The van der Waals surface area contributed by atoms with Gasteiger partial charge in [-0.05, 0) is 0 Å². The molecule has 0 radical (unpaired) electrons. The third kappa shape index (κ3) is 8.62. The van der Waals surface area contributed by atoms with E-state index in [1.54, 1.807) is 0 Å². The van der Waals surface area contributed by atoms with Crippen LogP contribution in [0.15, 0.2) is 0 Å². The minimum absolute atomic E-state index is 0.0366. The molecule has 0 saturated carbocycles. The minimum atomic E-state index is -4.14. The van der Waals surface area contributed by atoms with Gasteiger partial charge in [0.25, 0.3) is 7.82 Å². The fraction of sp³-hybridized carbons (Fsp3) is 1.00. The van der Waals surface area contributed by atoms with Crippen molar-refractivity contribution < 1.29 is 23.0 Å². The van der Waals surface area contributed by atoms with E-state index in [2.05, 4.69) is 9.05 Å². The Morgan fingerprint density at radius 1 is 1.29 bits per heavy atom. The molecule has 0 spiro atoms. The second-order valence-corrected chi connectivity index (χ2v) is 5.33. The number of hydrogen-bond donors (Lipinski definition) is 1. The number of hydrogen-bond acceptors (Lipinski definition) is 5. The fourth-order valence-electron chi connectivity index (χ4n) is 0.628. The van der Waals surface area contributed by atoms with Gasteiger partial charge in [-0.15, -0.1) is 0 Å². The molecule has 0 bridgehead atoms. The van der Waals surface area contributed by atoms with Crippen molar-refractivity contribution >= 4 is 7.82 Å². The van der Waals surface area contributed by atoms with E-state index in [1.807, 2.05) is 21.1 Å². The summed E-state index contributed by atoms with van der Waals surface area (Å²) in [6.07, 6.45) is 0. The summed E-state index contributed by atoms with van der Waals surface area (Å²) in [4.78, 5) is 11.0. The zero-order chi connectivity index (χ0) is 11.2. The number of rotatable bonds is 7. The van der Waals surface area contributed by atoms with E-state index in [9.17, 15) is 9.46 Å². The highest BCUT2D eigenvalue weighted by Gasteiger charge is 2.12. The van der Waals surface area contributed by atoms with Gasteiger partial charge in [-0.3, -0.25) is 4.57 Å². The highest BCUT2D eigenvalue weighted by atomic mass is 31.2. The molecule has 1 atom stereocenters. The predicted molar refractivity (Wildman–Crippen MR) is 51.5 cm³/mol. The standard InChI is InChI=1S/C7H19N2O4P/c1-9(2,3)5-7-13-14(10,11)12-6-4-8/h4-8H2,1-3H3. The summed E-state index contributed by atoms with van der Waals surface area (Å²) in [5, 5.41) is 0. The van der Waals surface area contributed by atoms with Crippen molar-refractivity contribution in [1.82, 2.24) is 0 Å². The summed E-state index contributed by atoms with van der Waals surface area (Å²) in [5.41, 5.74) is 5.09. The molecule has 0 aromatic heterocycles. The first-order chi connectivity index (χ1) is 6.27. The first-order valence-electron chi connectivity index (χ1n) is 4.37. The summed E-state index contributed by atoms with van der Waals surface area (Å²) < 4.78 is 20.7. The summed E-state index contributed by atoms with van der Waals surface area (Å²) in [6.45, 7) is 0.836. The van der Waals surface area contributed by atoms with Gasteiger partial charge >= 0.3 is 0 Å². The summed E-state index contributed by atoms with van der Waals surface area (Å²) in [7, 11) is 1.70. The van der Waals surface area contributed by atoms with Gasteiger partial charge in [0.05, 0.1) is 27.7 Å². The molecule has 0 aromatic carbocycles. The van der Waals surface area contributed by atoms with Gasteiger partial charge < -0.3 is 24.2 Å². The van der Waals surface area contributed by atoms with Crippen LogP contribution in [0.1, 0.15) is 0 Å². The van der Waals surface area contributed by atoms with Crippen molar-refractivity contribution in [2.75, 3.05) is 47.4 Å². The summed E-state index contributed by atoms with van der Waals surface area (Å²) >= 11 is 0. The second kappa shape index (κ2) is 5.80. The van der Waals surface area contributed by atoms with Crippen LogP contribution in [0.2, 0.25) is 0 Å². The monoisotopic (exact) mass is 226 g/mol. The van der Waals surface area contributed by atoms with E-state index in [1.165, 1.54) is 0 Å². The van der Waals surface area contributed by atoms with E-state index in [0.29, 0.717) is 11.0 Å². The van der Waals surface area contributed by atoms with Gasteiger partial charge in [0.2, 0.25) is 0 Å². The molecule has 0 aliphatic rings. The van der Waals surface area contributed by atoms with Gasteiger partial charge in [-0.2, -0.15) is 0 Å². The number of phosphoric ester groups is 1. The van der Waals surface area contributed by atoms with Crippen LogP contribution in [-0.2, 0) is 13.6 Å². The molecule has 0 aliphatic carbocycles. The summed E-state index contributed by atoms with van der Waals surface area (Å²) in [6, 6.07) is 0. The number of phosphoric acid groups is 1. The third-order valence-electron chi connectivity index (χ3n) is 1.38. The smallest absolute Gasteiger partial charge is 0.268 e. The van der Waals surface area contributed by atoms with E-state index in [0.717, 1.165) is 0 Å². The van der Waals surface area contributed by atoms with E-state index >= 15 is 0 Å². The SMILES string of the molecule is C[N+](C)(C)CCOP(=O)([O-])OCCN. The van der Waals surface area contributed by atoms with Crippen molar-refractivity contribution in [3.8, 4) is 0 Å². The molecule has 2 N–H and O–H groups in total. The normalized spacial score (nSPS) is 16.6. The molecule has 7 heteroatoms. The van der Waals surface area contributed by atoms with Crippen molar-refractivity contribution in [3.05, 3.63) is 0 Å². The average molecular weight is 226 g/mol. The second-order valence-electron chi connectivity index (χ2n) is 3.92. The topological polar surface area (TPSA) is 84.6 Å². The molecule has 0 saturated heterocycles. The lowest BCUT2D eigenvalue weighted by Gasteiger charge is -2.27. The maximum absolute atomic E-state index is 11.0. The largest absolute Gasteiger partial charge is 0.756 e. The Morgan fingerprint density at radius 3 is 2.21 bits per heavy atom. The molecule has 1 unspecified atom stereocenters. The lowest BCUT2D eigenvalue weighted by molar-refractivity contribution is -0.870. The van der Waals surface area contributed by atoms with Gasteiger partial charge in [0, 0.05) is 6.54 Å². The molecule has 0 fully saturated rings. The van der Waals surface area contributed by atoms with Crippen LogP contribution >= 0.6 is 7.82 Å². The molecule has 0 aliphatic heterocycles. The maximum Gasteiger partial charge on any atom is 0.268 e. The highest BCUT2D eigenvalue weighted by Crippen LogP contribution is 2.37. The molecule has 14 heavy (non-hydrogen) atoms. The van der Waals surface area contributed by atoms with E-state index < -0.39 is 7.82 Å². The van der Waals surface area contributed by atoms with Crippen molar-refractivity contribution in [2.45, 2.75) is 0 Å². The minimum Gasteiger partial charge on any atom is -0.756 e. The van der Waals surface area contributed by atoms with Crippen LogP contribution in [0.5, 0.6) is 0 Å². The molecular weight excluding hydrogens is 207 g/mol. The van der Waals surface area contributed by atoms with Crippen molar-refractivity contribution in [2.24, 2.45) is 5.73 Å². The van der Waals surface area contributed by atoms with Crippen LogP contribution in [0.4, 0.5) is 0 Å². The van der Waals surface area contributed by atoms with E-state index in [-0.39, 0.29) is 19.8 Å². The maximum atomic E-state index is 11.0. The Balaban J connectivity index is 3.71. The van der Waals surface area contributed by atoms with Crippen molar-refractivity contribution in [3.63, 3.8) is 0 Å². The first kappa shape index (κ1) is 14.0. The molecule has 6 nitrogen and oxygen atoms in total. The highest BCUT2D eigenvalue weighted by molar-refractivity contribution is 7.45. The van der Waals surface area contributed by atoms with Gasteiger partial charge in [0.15, 0.2) is 0 Å². The zero-order valence-corrected chi connectivity index (χ0v) is 9.83. The van der Waals surface area contributed by atoms with Crippen LogP contribution in [0.25, 0.3) is 0 Å². The Morgan fingerprint density at radius 2 is 1.79 bits per heavy atom. The lowest BCUT2D eigenvalue weighted by atomic mass is 10.5.